The number of nitrogens with zero attached hydrogens (tertiary/aromatic N) is 2. The molecule has 17 heteroatoms. The van der Waals surface area contributed by atoms with Crippen LogP contribution in [0, 0.1) is 5.92 Å². The van der Waals surface area contributed by atoms with E-state index in [0.29, 0.717) is 42.1 Å². The quantitative estimate of drug-likeness (QED) is 0.325. The molecule has 3 heterocycles. The number of hydrogen-bond donors (Lipinski definition) is 4. The highest BCUT2D eigenvalue weighted by atomic mass is 35.5. The summed E-state index contributed by atoms with van der Waals surface area (Å²) in [5.41, 5.74) is -0.471. The lowest BCUT2D eigenvalue weighted by Gasteiger charge is -2.30. The van der Waals surface area contributed by atoms with E-state index < -0.39 is 80.3 Å². The standard InChI is InChI=1S/C35H46Cl2N6O8S/c1-34(2,3)40-32(47)38-27-10-8-6-4-5-7-9-22-16-35(22,31(46)41-52(49,50)24-11-12-24)39-29(44)28-15-23(19-43(28)30(27)45)51-33(48)42-17-20-13-25(36)26(37)14-21(20)18-42/h7,9,13-14,22-24,27-28H,4-6,8,10-12,15-19H2,1-3H3,(H,39,44)(H,41,46)(H2,38,40,47)/b9-7-/t22-,23+,27-,28-,35+/m0/s1. The van der Waals surface area contributed by atoms with Crippen LogP contribution < -0.4 is 20.7 Å². The zero-order chi connectivity index (χ0) is 37.6. The SMILES string of the molecule is CC(C)(C)NC(=O)N[C@H]1CCCCC/C=C\[C@H]2C[C@@]2(C(=O)NS(=O)(=O)C2CC2)NC(=O)[C@@H]2C[C@@H](OC(=O)N3Cc4cc(Cl)c(Cl)cc4C3)CN2C1=O. The number of carbonyl (C=O) groups is 5. The number of fused-ring (bicyclic) bond motifs is 3. The summed E-state index contributed by atoms with van der Waals surface area (Å²) in [7, 11) is -3.91. The fourth-order valence-corrected chi connectivity index (χ4v) is 8.86. The van der Waals surface area contributed by atoms with Gasteiger partial charge >= 0.3 is 12.1 Å². The summed E-state index contributed by atoms with van der Waals surface area (Å²) in [5.74, 6) is -2.49. The highest BCUT2D eigenvalue weighted by Crippen LogP contribution is 2.46. The molecule has 5 atom stereocenters. The summed E-state index contributed by atoms with van der Waals surface area (Å²) in [4.78, 5) is 71.4. The Labute approximate surface area is 313 Å². The largest absolute Gasteiger partial charge is 0.444 e. The Morgan fingerprint density at radius 3 is 2.31 bits per heavy atom. The van der Waals surface area contributed by atoms with E-state index in [1.54, 1.807) is 12.1 Å². The van der Waals surface area contributed by atoms with Crippen molar-refractivity contribution in [3.8, 4) is 0 Å². The molecule has 14 nitrogen and oxygen atoms in total. The summed E-state index contributed by atoms with van der Waals surface area (Å²) < 4.78 is 33.6. The first kappa shape index (κ1) is 38.2. The van der Waals surface area contributed by atoms with Crippen molar-refractivity contribution in [3.63, 3.8) is 0 Å². The first-order chi connectivity index (χ1) is 24.5. The average molecular weight is 782 g/mol. The normalized spacial score (nSPS) is 28.6. The Kier molecular flexibility index (Phi) is 10.8. The molecule has 5 aliphatic rings. The highest BCUT2D eigenvalue weighted by Gasteiger charge is 2.62. The first-order valence-electron chi connectivity index (χ1n) is 17.8. The molecule has 0 spiro atoms. The second-order valence-corrected chi connectivity index (χ2v) is 18.3. The molecule has 3 aliphatic heterocycles. The number of rotatable bonds is 5. The zero-order valence-corrected chi connectivity index (χ0v) is 31.8. The lowest BCUT2D eigenvalue weighted by molar-refractivity contribution is -0.141. The molecular formula is C35H46Cl2N6O8S. The number of hydrogen-bond acceptors (Lipinski definition) is 8. The summed E-state index contributed by atoms with van der Waals surface area (Å²) in [5, 5.41) is 8.51. The summed E-state index contributed by atoms with van der Waals surface area (Å²) in [6.45, 7) is 5.76. The minimum Gasteiger partial charge on any atom is -0.444 e. The number of urea groups is 1. The van der Waals surface area contributed by atoms with E-state index in [-0.39, 0.29) is 32.5 Å². The number of nitrogens with one attached hydrogen (secondary N) is 4. The summed E-state index contributed by atoms with van der Waals surface area (Å²) in [6, 6.07) is 0.677. The van der Waals surface area contributed by atoms with Crippen LogP contribution in [0.2, 0.25) is 10.0 Å². The minimum absolute atomic E-state index is 0.0821. The van der Waals surface area contributed by atoms with Crippen LogP contribution in [-0.4, -0.2) is 89.1 Å². The van der Waals surface area contributed by atoms with E-state index in [1.165, 1.54) is 9.80 Å². The molecule has 52 heavy (non-hydrogen) atoms. The third-order valence-electron chi connectivity index (χ3n) is 10.1. The molecule has 0 aromatic heterocycles. The third-order valence-corrected chi connectivity index (χ3v) is 12.7. The summed E-state index contributed by atoms with van der Waals surface area (Å²) in [6.07, 6.45) is 6.35. The van der Waals surface area contributed by atoms with Crippen molar-refractivity contribution in [1.29, 1.82) is 0 Å². The number of halogens is 2. The topological polar surface area (TPSA) is 183 Å². The molecule has 1 aromatic rings. The monoisotopic (exact) mass is 780 g/mol. The van der Waals surface area contributed by atoms with Crippen molar-refractivity contribution in [3.05, 3.63) is 45.5 Å². The van der Waals surface area contributed by atoms with Gasteiger partial charge in [0.1, 0.15) is 23.7 Å². The Balaban J connectivity index is 1.25. The lowest BCUT2D eigenvalue weighted by atomic mass is 10.0. The predicted octanol–water partition coefficient (Wildman–Crippen LogP) is 3.89. The molecule has 6 rings (SSSR count). The maximum Gasteiger partial charge on any atom is 0.410 e. The highest BCUT2D eigenvalue weighted by molar-refractivity contribution is 7.91. The molecule has 1 aromatic carbocycles. The van der Waals surface area contributed by atoms with Crippen LogP contribution in [0.3, 0.4) is 0 Å². The molecule has 3 fully saturated rings. The molecule has 0 bridgehead atoms. The maximum absolute atomic E-state index is 14.3. The molecule has 6 amide bonds. The van der Waals surface area contributed by atoms with Gasteiger partial charge in [-0.05, 0) is 82.6 Å². The Morgan fingerprint density at radius 2 is 1.67 bits per heavy atom. The van der Waals surface area contributed by atoms with Crippen LogP contribution in [-0.2, 0) is 42.2 Å². The van der Waals surface area contributed by atoms with Gasteiger partial charge in [-0.3, -0.25) is 24.0 Å². The molecule has 4 N–H and O–H groups in total. The average Bonchev–Trinajstić information content (AvgIpc) is 3.94. The zero-order valence-electron chi connectivity index (χ0n) is 29.5. The van der Waals surface area contributed by atoms with Crippen molar-refractivity contribution in [2.24, 2.45) is 5.92 Å². The van der Waals surface area contributed by atoms with Gasteiger partial charge in [0.05, 0.1) is 21.8 Å². The van der Waals surface area contributed by atoms with Crippen LogP contribution in [0.15, 0.2) is 24.3 Å². The van der Waals surface area contributed by atoms with E-state index in [9.17, 15) is 32.4 Å². The molecule has 2 aliphatic carbocycles. The number of allylic oxidation sites excluding steroid dienone is 1. The third kappa shape index (κ3) is 8.62. The molecule has 2 saturated carbocycles. The van der Waals surface area contributed by atoms with E-state index in [4.69, 9.17) is 27.9 Å². The second-order valence-electron chi connectivity index (χ2n) is 15.6. The van der Waals surface area contributed by atoms with Crippen molar-refractivity contribution in [1.82, 2.24) is 30.5 Å². The van der Waals surface area contributed by atoms with Crippen molar-refractivity contribution in [2.45, 2.75) is 126 Å². The van der Waals surface area contributed by atoms with Crippen LogP contribution in [0.4, 0.5) is 9.59 Å². The van der Waals surface area contributed by atoms with Gasteiger partial charge in [0.15, 0.2) is 0 Å². The smallest absolute Gasteiger partial charge is 0.410 e. The number of amides is 6. The van der Waals surface area contributed by atoms with E-state index >= 15 is 0 Å². The van der Waals surface area contributed by atoms with Crippen molar-refractivity contribution in [2.75, 3.05) is 6.54 Å². The second kappa shape index (κ2) is 14.7. The first-order valence-corrected chi connectivity index (χ1v) is 20.1. The molecule has 0 radical (unpaired) electrons. The number of benzene rings is 1. The fourth-order valence-electron chi connectivity index (χ4n) is 7.12. The Bertz CT molecular complexity index is 1750. The fraction of sp³-hybridized carbons (Fsp3) is 0.629. The molecule has 284 valence electrons. The van der Waals surface area contributed by atoms with Crippen LogP contribution >= 0.6 is 23.2 Å². The van der Waals surface area contributed by atoms with Crippen LogP contribution in [0.1, 0.15) is 89.7 Å². The van der Waals surface area contributed by atoms with E-state index in [1.807, 2.05) is 32.9 Å². The van der Waals surface area contributed by atoms with Crippen LogP contribution in [0.25, 0.3) is 0 Å². The van der Waals surface area contributed by atoms with Gasteiger partial charge < -0.3 is 25.6 Å². The number of sulfonamides is 1. The van der Waals surface area contributed by atoms with Crippen molar-refractivity contribution >= 4 is 63.1 Å². The summed E-state index contributed by atoms with van der Waals surface area (Å²) >= 11 is 12.4. The Morgan fingerprint density at radius 1 is 1.00 bits per heavy atom. The van der Waals surface area contributed by atoms with Gasteiger partial charge in [-0.15, -0.1) is 0 Å². The number of carbonyl (C=O) groups excluding carboxylic acids is 5. The van der Waals surface area contributed by atoms with E-state index in [2.05, 4.69) is 20.7 Å². The van der Waals surface area contributed by atoms with Crippen LogP contribution in [0.5, 0.6) is 0 Å². The van der Waals surface area contributed by atoms with Gasteiger partial charge in [-0.25, -0.2) is 18.0 Å². The van der Waals surface area contributed by atoms with Gasteiger partial charge in [-0.1, -0.05) is 48.2 Å². The molecular weight excluding hydrogens is 735 g/mol. The van der Waals surface area contributed by atoms with Gasteiger partial charge in [-0.2, -0.15) is 0 Å². The minimum atomic E-state index is -3.91. The lowest BCUT2D eigenvalue weighted by Crippen LogP contribution is -2.59. The van der Waals surface area contributed by atoms with E-state index in [0.717, 1.165) is 24.0 Å². The molecule has 0 unspecified atom stereocenters. The predicted molar refractivity (Wildman–Crippen MR) is 193 cm³/mol. The van der Waals surface area contributed by atoms with Crippen molar-refractivity contribution < 1.29 is 37.1 Å². The van der Waals surface area contributed by atoms with Gasteiger partial charge in [0, 0.05) is 31.0 Å². The Hall–Kier alpha value is -3.56. The van der Waals surface area contributed by atoms with Gasteiger partial charge in [0.2, 0.25) is 21.8 Å². The van der Waals surface area contributed by atoms with Gasteiger partial charge in [0.25, 0.3) is 5.91 Å². The number of ether oxygens (including phenoxy) is 1. The maximum atomic E-state index is 14.3. The molecule has 1 saturated heterocycles.